The summed E-state index contributed by atoms with van der Waals surface area (Å²) in [6, 6.07) is 11.7. The standard InChI is InChI=1S/C27H26F2N2O/c28-20-6-4-17(5-7-20)19-13-27(14-19)10-8-18(9-11-27)25(32)12-23-26-21(2-1-3-22(26)29)24-15-30-16-31(23)24/h1-7,15-16,18-19,23H,8-14H2. The zero-order valence-electron chi connectivity index (χ0n) is 17.9. The normalized spacial score (nSPS) is 28.2. The maximum atomic E-state index is 14.7. The predicted octanol–water partition coefficient (Wildman–Crippen LogP) is 6.44. The van der Waals surface area contributed by atoms with Gasteiger partial charge in [0.1, 0.15) is 17.4 Å². The van der Waals surface area contributed by atoms with Crippen molar-refractivity contribution in [1.29, 1.82) is 0 Å². The summed E-state index contributed by atoms with van der Waals surface area (Å²) in [5, 5.41) is 0. The minimum absolute atomic E-state index is 0.0632. The number of hydrogen-bond donors (Lipinski definition) is 0. The molecule has 1 atom stereocenters. The number of hydrogen-bond acceptors (Lipinski definition) is 2. The molecular weight excluding hydrogens is 406 g/mol. The molecule has 164 valence electrons. The molecule has 0 N–H and O–H groups in total. The lowest BCUT2D eigenvalue weighted by molar-refractivity contribution is -0.126. The summed E-state index contributed by atoms with van der Waals surface area (Å²) in [7, 11) is 0. The summed E-state index contributed by atoms with van der Waals surface area (Å²) in [5.74, 6) is 0.395. The molecule has 2 heterocycles. The van der Waals surface area contributed by atoms with Gasteiger partial charge in [0.25, 0.3) is 0 Å². The van der Waals surface area contributed by atoms with E-state index in [2.05, 4.69) is 4.98 Å². The van der Waals surface area contributed by atoms with Gasteiger partial charge in [0, 0.05) is 23.5 Å². The van der Waals surface area contributed by atoms with E-state index in [1.165, 1.54) is 11.6 Å². The largest absolute Gasteiger partial charge is 0.322 e. The third-order valence-electron chi connectivity index (χ3n) is 8.26. The molecule has 0 radical (unpaired) electrons. The first-order valence-electron chi connectivity index (χ1n) is 11.6. The van der Waals surface area contributed by atoms with E-state index in [0.717, 1.165) is 49.8 Å². The maximum absolute atomic E-state index is 14.7. The Hall–Kier alpha value is -2.82. The Morgan fingerprint density at radius 3 is 2.56 bits per heavy atom. The van der Waals surface area contributed by atoms with Crippen molar-refractivity contribution < 1.29 is 13.6 Å². The van der Waals surface area contributed by atoms with Crippen molar-refractivity contribution >= 4 is 5.78 Å². The lowest BCUT2D eigenvalue weighted by atomic mass is 9.53. The summed E-state index contributed by atoms with van der Waals surface area (Å²) in [4.78, 5) is 17.5. The number of aromatic nitrogens is 2. The highest BCUT2D eigenvalue weighted by molar-refractivity contribution is 5.83. The summed E-state index contributed by atoms with van der Waals surface area (Å²) in [6.45, 7) is 0. The zero-order valence-corrected chi connectivity index (χ0v) is 17.9. The van der Waals surface area contributed by atoms with Crippen LogP contribution in [0.5, 0.6) is 0 Å². The van der Waals surface area contributed by atoms with Gasteiger partial charge in [-0.1, -0.05) is 24.3 Å². The van der Waals surface area contributed by atoms with Gasteiger partial charge < -0.3 is 4.57 Å². The van der Waals surface area contributed by atoms with Crippen molar-refractivity contribution in [2.24, 2.45) is 11.3 Å². The molecule has 32 heavy (non-hydrogen) atoms. The predicted molar refractivity (Wildman–Crippen MR) is 118 cm³/mol. The number of imidazole rings is 1. The fourth-order valence-corrected chi connectivity index (χ4v) is 6.47. The van der Waals surface area contributed by atoms with Crippen LogP contribution >= 0.6 is 0 Å². The number of halogens is 2. The van der Waals surface area contributed by atoms with Crippen LogP contribution in [-0.2, 0) is 4.79 Å². The number of carbonyl (C=O) groups excluding carboxylic acids is 1. The molecule has 1 unspecified atom stereocenters. The van der Waals surface area contributed by atoms with Crippen LogP contribution < -0.4 is 0 Å². The van der Waals surface area contributed by atoms with Crippen molar-refractivity contribution in [2.75, 3.05) is 0 Å². The molecule has 0 saturated heterocycles. The van der Waals surface area contributed by atoms with E-state index in [9.17, 15) is 13.6 Å². The smallest absolute Gasteiger partial charge is 0.138 e. The van der Waals surface area contributed by atoms with Crippen LogP contribution in [0.25, 0.3) is 11.3 Å². The number of rotatable bonds is 4. The summed E-state index contributed by atoms with van der Waals surface area (Å²) < 4.78 is 29.8. The molecule has 3 aliphatic rings. The lowest BCUT2D eigenvalue weighted by Crippen LogP contribution is -2.40. The Kier molecular flexibility index (Phi) is 4.56. The Balaban J connectivity index is 1.10. The Morgan fingerprint density at radius 1 is 1.06 bits per heavy atom. The third kappa shape index (κ3) is 3.13. The van der Waals surface area contributed by atoms with Gasteiger partial charge >= 0.3 is 0 Å². The van der Waals surface area contributed by atoms with Crippen molar-refractivity contribution in [3.63, 3.8) is 0 Å². The minimum atomic E-state index is -0.293. The molecule has 1 aromatic heterocycles. The molecule has 0 bridgehead atoms. The van der Waals surface area contributed by atoms with Gasteiger partial charge in [0.2, 0.25) is 0 Å². The number of Topliss-reactive ketones (excluding diaryl/α,β-unsaturated/α-hetero) is 1. The number of carbonyl (C=O) groups is 1. The molecule has 3 aromatic rings. The molecular formula is C27H26F2N2O. The highest BCUT2D eigenvalue weighted by atomic mass is 19.1. The summed E-state index contributed by atoms with van der Waals surface area (Å²) in [5.41, 5.74) is 3.95. The Labute approximate surface area is 186 Å². The highest BCUT2D eigenvalue weighted by Crippen LogP contribution is 2.59. The van der Waals surface area contributed by atoms with E-state index in [0.29, 0.717) is 23.3 Å². The summed E-state index contributed by atoms with van der Waals surface area (Å²) in [6.07, 6.45) is 10.1. The molecule has 2 fully saturated rings. The number of benzene rings is 2. The van der Waals surface area contributed by atoms with E-state index in [4.69, 9.17) is 0 Å². The van der Waals surface area contributed by atoms with Gasteiger partial charge in [-0.3, -0.25) is 4.79 Å². The van der Waals surface area contributed by atoms with Gasteiger partial charge in [-0.05, 0) is 73.6 Å². The Morgan fingerprint density at radius 2 is 1.81 bits per heavy atom. The first kappa shape index (κ1) is 19.8. The maximum Gasteiger partial charge on any atom is 0.138 e. The molecule has 1 aliphatic heterocycles. The molecule has 2 aromatic carbocycles. The second-order valence-electron chi connectivity index (χ2n) is 10.0. The van der Waals surface area contributed by atoms with E-state index >= 15 is 0 Å². The van der Waals surface area contributed by atoms with Gasteiger partial charge in [0.15, 0.2) is 0 Å². The highest BCUT2D eigenvalue weighted by Gasteiger charge is 2.47. The average Bonchev–Trinajstić information content (AvgIpc) is 3.36. The molecule has 0 amide bonds. The zero-order chi connectivity index (χ0) is 21.9. The van der Waals surface area contributed by atoms with Crippen LogP contribution in [0.1, 0.15) is 68.0 Å². The Bertz CT molecular complexity index is 1170. The van der Waals surface area contributed by atoms with Crippen molar-refractivity contribution in [3.8, 4) is 11.3 Å². The average molecular weight is 433 g/mol. The van der Waals surface area contributed by atoms with Crippen molar-refractivity contribution in [3.05, 3.63) is 77.8 Å². The van der Waals surface area contributed by atoms with E-state index < -0.39 is 0 Å². The molecule has 2 saturated carbocycles. The van der Waals surface area contributed by atoms with Crippen LogP contribution in [0.4, 0.5) is 8.78 Å². The second-order valence-corrected chi connectivity index (χ2v) is 10.0. The van der Waals surface area contributed by atoms with Crippen LogP contribution in [0, 0.1) is 23.0 Å². The van der Waals surface area contributed by atoms with Crippen LogP contribution in [0.2, 0.25) is 0 Å². The second kappa shape index (κ2) is 7.36. The number of ketones is 1. The third-order valence-corrected chi connectivity index (χ3v) is 8.26. The number of fused-ring (bicyclic) bond motifs is 3. The molecule has 3 nitrogen and oxygen atoms in total. The van der Waals surface area contributed by atoms with E-state index in [-0.39, 0.29) is 29.4 Å². The fraction of sp³-hybridized carbons (Fsp3) is 0.407. The van der Waals surface area contributed by atoms with Gasteiger partial charge in [0.05, 0.1) is 24.3 Å². The van der Waals surface area contributed by atoms with Gasteiger partial charge in [-0.15, -0.1) is 0 Å². The van der Waals surface area contributed by atoms with Crippen molar-refractivity contribution in [1.82, 2.24) is 9.55 Å². The van der Waals surface area contributed by atoms with Crippen LogP contribution in [0.3, 0.4) is 0 Å². The molecule has 6 rings (SSSR count). The molecule has 1 spiro atoms. The first-order valence-corrected chi connectivity index (χ1v) is 11.6. The summed E-state index contributed by atoms with van der Waals surface area (Å²) >= 11 is 0. The SMILES string of the molecule is O=C(CC1c2c(F)cccc2-c2cncn21)C1CCC2(CC1)CC(c1ccc(F)cc1)C2. The lowest BCUT2D eigenvalue weighted by Gasteiger charge is -2.52. The monoisotopic (exact) mass is 432 g/mol. The minimum Gasteiger partial charge on any atom is -0.322 e. The van der Waals surface area contributed by atoms with Gasteiger partial charge in [-0.25, -0.2) is 13.8 Å². The molecule has 2 aliphatic carbocycles. The van der Waals surface area contributed by atoms with E-state index in [1.54, 1.807) is 30.7 Å². The van der Waals surface area contributed by atoms with Crippen molar-refractivity contribution in [2.45, 2.75) is 56.9 Å². The number of nitrogens with zero attached hydrogens (tertiary/aromatic N) is 2. The topological polar surface area (TPSA) is 34.9 Å². The fourth-order valence-electron chi connectivity index (χ4n) is 6.47. The van der Waals surface area contributed by atoms with Gasteiger partial charge in [-0.2, -0.15) is 0 Å². The quantitative estimate of drug-likeness (QED) is 0.475. The van der Waals surface area contributed by atoms with Crippen LogP contribution in [-0.4, -0.2) is 15.3 Å². The van der Waals surface area contributed by atoms with Crippen LogP contribution in [0.15, 0.2) is 55.0 Å². The first-order chi connectivity index (χ1) is 15.5. The molecule has 5 heteroatoms. The van der Waals surface area contributed by atoms with E-state index in [1.807, 2.05) is 22.8 Å².